The molecule has 17 heavy (non-hydrogen) atoms. The molecular weight excluding hydrogens is 215 g/mol. The van der Waals surface area contributed by atoms with Gasteiger partial charge in [0.1, 0.15) is 6.17 Å². The monoisotopic (exact) mass is 232 g/mol. The molecular formula is C14H17FN2. The lowest BCUT2D eigenvalue weighted by Crippen LogP contribution is -2.23. The summed E-state index contributed by atoms with van der Waals surface area (Å²) in [6.45, 7) is 2.60. The first kappa shape index (κ1) is 10.8. The van der Waals surface area contributed by atoms with Crippen LogP contribution in [0.4, 0.5) is 4.39 Å². The summed E-state index contributed by atoms with van der Waals surface area (Å²) in [6.07, 6.45) is 0.875. The van der Waals surface area contributed by atoms with E-state index in [1.54, 1.807) is 0 Å². The van der Waals surface area contributed by atoms with Gasteiger partial charge in [0.15, 0.2) is 0 Å². The molecule has 90 valence electrons. The highest BCUT2D eigenvalue weighted by Gasteiger charge is 2.24. The molecule has 1 aliphatic rings. The van der Waals surface area contributed by atoms with Crippen LogP contribution in [0.2, 0.25) is 0 Å². The summed E-state index contributed by atoms with van der Waals surface area (Å²) in [7, 11) is 0. The van der Waals surface area contributed by atoms with Gasteiger partial charge in [-0.1, -0.05) is 18.2 Å². The van der Waals surface area contributed by atoms with E-state index < -0.39 is 6.17 Å². The van der Waals surface area contributed by atoms with Crippen LogP contribution in [0.5, 0.6) is 0 Å². The summed E-state index contributed by atoms with van der Waals surface area (Å²) in [4.78, 5) is 3.39. The average molecular weight is 232 g/mol. The van der Waals surface area contributed by atoms with Crippen LogP contribution in [0.1, 0.15) is 17.7 Å². The third-order valence-corrected chi connectivity index (χ3v) is 3.65. The molecule has 1 aromatic heterocycles. The molecule has 3 rings (SSSR count). The number of H-pyrrole nitrogens is 1. The lowest BCUT2D eigenvalue weighted by molar-refractivity contribution is 0.355. The Morgan fingerprint density at radius 3 is 2.94 bits per heavy atom. The molecule has 2 nitrogen and oxygen atoms in total. The predicted molar refractivity (Wildman–Crippen MR) is 68.0 cm³/mol. The molecule has 2 aromatic rings. The highest BCUT2D eigenvalue weighted by molar-refractivity contribution is 5.84. The van der Waals surface area contributed by atoms with Crippen molar-refractivity contribution in [3.63, 3.8) is 0 Å². The summed E-state index contributed by atoms with van der Waals surface area (Å²) in [5.41, 5.74) is 3.71. The molecule has 2 atom stereocenters. The summed E-state index contributed by atoms with van der Waals surface area (Å²) in [5.74, 6) is 0. The number of aromatic amines is 1. The first-order valence-corrected chi connectivity index (χ1v) is 6.17. The topological polar surface area (TPSA) is 27.8 Å². The van der Waals surface area contributed by atoms with Gasteiger partial charge in [-0.05, 0) is 31.4 Å². The molecule has 0 aliphatic carbocycles. The quantitative estimate of drug-likeness (QED) is 0.818. The number of aryl methyl sites for hydroxylation is 1. The van der Waals surface area contributed by atoms with Crippen molar-refractivity contribution in [3.8, 4) is 0 Å². The number of benzene rings is 1. The fourth-order valence-electron chi connectivity index (χ4n) is 2.77. The summed E-state index contributed by atoms with van der Waals surface area (Å²) >= 11 is 0. The standard InChI is InChI=1S/C14H17FN2/c1-9-13(7-11-6-10(15)8-16-11)12-4-2-3-5-14(12)17-9/h2-5,10-11,16-17H,6-8H2,1H3/t10-,11+/m0/s1. The van der Waals surface area contributed by atoms with Crippen molar-refractivity contribution < 1.29 is 4.39 Å². The fraction of sp³-hybridized carbons (Fsp3) is 0.429. The maximum atomic E-state index is 13.1. The number of hydrogen-bond acceptors (Lipinski definition) is 1. The normalized spacial score (nSPS) is 24.6. The first-order valence-electron chi connectivity index (χ1n) is 6.17. The smallest absolute Gasteiger partial charge is 0.114 e. The molecule has 0 saturated carbocycles. The maximum Gasteiger partial charge on any atom is 0.114 e. The number of rotatable bonds is 2. The molecule has 3 heteroatoms. The second-order valence-electron chi connectivity index (χ2n) is 4.92. The van der Waals surface area contributed by atoms with Crippen molar-refractivity contribution in [2.75, 3.05) is 6.54 Å². The number of nitrogens with one attached hydrogen (secondary N) is 2. The van der Waals surface area contributed by atoms with Gasteiger partial charge < -0.3 is 10.3 Å². The van der Waals surface area contributed by atoms with E-state index in [-0.39, 0.29) is 6.04 Å². The number of halogens is 1. The van der Waals surface area contributed by atoms with Gasteiger partial charge in [-0.3, -0.25) is 0 Å². The number of alkyl halides is 1. The molecule has 2 N–H and O–H groups in total. The van der Waals surface area contributed by atoms with Crippen molar-refractivity contribution in [2.24, 2.45) is 0 Å². The Hall–Kier alpha value is -1.35. The zero-order valence-corrected chi connectivity index (χ0v) is 9.96. The van der Waals surface area contributed by atoms with Crippen LogP contribution >= 0.6 is 0 Å². The second-order valence-corrected chi connectivity index (χ2v) is 4.92. The van der Waals surface area contributed by atoms with Gasteiger partial charge in [0, 0.05) is 29.2 Å². The molecule has 1 fully saturated rings. The van der Waals surface area contributed by atoms with Crippen molar-refractivity contribution in [1.29, 1.82) is 0 Å². The third-order valence-electron chi connectivity index (χ3n) is 3.65. The number of aromatic nitrogens is 1. The summed E-state index contributed by atoms with van der Waals surface area (Å²) < 4.78 is 13.1. The molecule has 1 saturated heterocycles. The highest BCUT2D eigenvalue weighted by atomic mass is 19.1. The van der Waals surface area contributed by atoms with Gasteiger partial charge in [0.05, 0.1) is 0 Å². The lowest BCUT2D eigenvalue weighted by atomic mass is 10.0. The van der Waals surface area contributed by atoms with Crippen LogP contribution in [0, 0.1) is 6.92 Å². The minimum atomic E-state index is -0.675. The Kier molecular flexibility index (Phi) is 2.63. The van der Waals surface area contributed by atoms with Gasteiger partial charge in [-0.25, -0.2) is 4.39 Å². The third kappa shape index (κ3) is 1.95. The minimum absolute atomic E-state index is 0.280. The molecule has 1 aromatic carbocycles. The zero-order chi connectivity index (χ0) is 11.8. The van der Waals surface area contributed by atoms with Gasteiger partial charge in [-0.15, -0.1) is 0 Å². The van der Waals surface area contributed by atoms with Crippen molar-refractivity contribution in [3.05, 3.63) is 35.5 Å². The van der Waals surface area contributed by atoms with Gasteiger partial charge >= 0.3 is 0 Å². The van der Waals surface area contributed by atoms with Crippen molar-refractivity contribution in [1.82, 2.24) is 10.3 Å². The van der Waals surface area contributed by atoms with Crippen LogP contribution in [0.15, 0.2) is 24.3 Å². The molecule has 0 radical (unpaired) electrons. The fourth-order valence-corrected chi connectivity index (χ4v) is 2.77. The summed E-state index contributed by atoms with van der Waals surface area (Å²) in [6, 6.07) is 8.59. The molecule has 0 unspecified atom stereocenters. The molecule has 0 bridgehead atoms. The lowest BCUT2D eigenvalue weighted by Gasteiger charge is -2.09. The van der Waals surface area contributed by atoms with Crippen molar-refractivity contribution >= 4 is 10.9 Å². The minimum Gasteiger partial charge on any atom is -0.358 e. The Labute approximate surface area is 100 Å². The van der Waals surface area contributed by atoms with Gasteiger partial charge in [0.25, 0.3) is 0 Å². The van der Waals surface area contributed by atoms with E-state index in [2.05, 4.69) is 35.4 Å². The Morgan fingerprint density at radius 1 is 1.35 bits per heavy atom. The van der Waals surface area contributed by atoms with Gasteiger partial charge in [0.2, 0.25) is 0 Å². The van der Waals surface area contributed by atoms with E-state index in [0.717, 1.165) is 6.42 Å². The van der Waals surface area contributed by atoms with Crippen LogP contribution in [-0.2, 0) is 6.42 Å². The largest absolute Gasteiger partial charge is 0.358 e. The Bertz CT molecular complexity index is 532. The number of fused-ring (bicyclic) bond motifs is 1. The Morgan fingerprint density at radius 2 is 2.18 bits per heavy atom. The number of hydrogen-bond donors (Lipinski definition) is 2. The van der Waals surface area contributed by atoms with E-state index in [4.69, 9.17) is 0 Å². The van der Waals surface area contributed by atoms with E-state index in [0.29, 0.717) is 13.0 Å². The zero-order valence-electron chi connectivity index (χ0n) is 9.96. The van der Waals surface area contributed by atoms with Crippen LogP contribution in [0.3, 0.4) is 0 Å². The average Bonchev–Trinajstić information content (AvgIpc) is 2.85. The SMILES string of the molecule is Cc1[nH]c2ccccc2c1C[C@H]1C[C@H](F)CN1. The van der Waals surface area contributed by atoms with E-state index in [1.807, 2.05) is 6.07 Å². The molecule has 2 heterocycles. The number of para-hydroxylation sites is 1. The van der Waals surface area contributed by atoms with E-state index in [9.17, 15) is 4.39 Å². The van der Waals surface area contributed by atoms with E-state index >= 15 is 0 Å². The van der Waals surface area contributed by atoms with Crippen LogP contribution in [-0.4, -0.2) is 23.7 Å². The van der Waals surface area contributed by atoms with Crippen molar-refractivity contribution in [2.45, 2.75) is 32.0 Å². The first-order chi connectivity index (χ1) is 8.24. The molecule has 1 aliphatic heterocycles. The highest BCUT2D eigenvalue weighted by Crippen LogP contribution is 2.25. The van der Waals surface area contributed by atoms with Crippen LogP contribution < -0.4 is 5.32 Å². The predicted octanol–water partition coefficient (Wildman–Crippen LogP) is 2.72. The second kappa shape index (κ2) is 4.15. The van der Waals surface area contributed by atoms with Crippen LogP contribution in [0.25, 0.3) is 10.9 Å². The van der Waals surface area contributed by atoms with Gasteiger partial charge in [-0.2, -0.15) is 0 Å². The summed E-state index contributed by atoms with van der Waals surface area (Å²) in [5, 5.41) is 4.52. The molecule has 0 amide bonds. The maximum absolute atomic E-state index is 13.1. The Balaban J connectivity index is 1.91. The van der Waals surface area contributed by atoms with E-state index in [1.165, 1.54) is 22.2 Å². The molecule has 0 spiro atoms.